The number of benzene rings is 1. The van der Waals surface area contributed by atoms with E-state index >= 15 is 0 Å². The molecule has 27 heavy (non-hydrogen) atoms. The van der Waals surface area contributed by atoms with Crippen molar-refractivity contribution >= 4 is 16.6 Å². The maximum absolute atomic E-state index is 12.8. The zero-order chi connectivity index (χ0) is 19.6. The van der Waals surface area contributed by atoms with Gasteiger partial charge in [-0.3, -0.25) is 9.00 Å². The number of aromatic nitrogens is 1. The van der Waals surface area contributed by atoms with Crippen LogP contribution in [0, 0.1) is 0 Å². The van der Waals surface area contributed by atoms with Crippen molar-refractivity contribution in [2.45, 2.75) is 30.6 Å². The van der Waals surface area contributed by atoms with Crippen LogP contribution >= 0.6 is 0 Å². The van der Waals surface area contributed by atoms with E-state index in [-0.39, 0.29) is 5.78 Å². The molecule has 1 aromatic heterocycles. The van der Waals surface area contributed by atoms with E-state index in [4.69, 9.17) is 4.74 Å². The molecule has 2 aromatic rings. The summed E-state index contributed by atoms with van der Waals surface area (Å²) in [6, 6.07) is 10.3. The monoisotopic (exact) mass is 388 g/mol. The zero-order valence-electron chi connectivity index (χ0n) is 16.3. The van der Waals surface area contributed by atoms with E-state index in [1.807, 2.05) is 0 Å². The standard InChI is InChI=1S/C21H28N2O3S/c1-23(2)15-6-4-5-7-16-26-21-19(9-8-14-22-21)20(24)17-10-12-18(13-11-17)27(3)25/h8-14H,4-7,15-16H2,1-3H3. The van der Waals surface area contributed by atoms with Gasteiger partial charge in [-0.1, -0.05) is 12.8 Å². The molecule has 0 amide bonds. The average Bonchev–Trinajstić information content (AvgIpc) is 2.67. The van der Waals surface area contributed by atoms with Crippen LogP contribution in [0.4, 0.5) is 0 Å². The van der Waals surface area contributed by atoms with Crippen molar-refractivity contribution < 1.29 is 13.7 Å². The molecule has 0 spiro atoms. The summed E-state index contributed by atoms with van der Waals surface area (Å²) in [6.45, 7) is 1.65. The fraction of sp³-hybridized carbons (Fsp3) is 0.429. The van der Waals surface area contributed by atoms with Crippen LogP contribution < -0.4 is 4.74 Å². The predicted octanol–water partition coefficient (Wildman–Crippen LogP) is 3.55. The number of nitrogens with zero attached hydrogens (tertiary/aromatic N) is 2. The van der Waals surface area contributed by atoms with Gasteiger partial charge >= 0.3 is 0 Å². The maximum atomic E-state index is 12.8. The van der Waals surface area contributed by atoms with E-state index in [0.717, 1.165) is 19.4 Å². The number of ether oxygens (including phenoxy) is 1. The van der Waals surface area contributed by atoms with E-state index in [1.54, 1.807) is 48.9 Å². The van der Waals surface area contributed by atoms with E-state index in [1.165, 1.54) is 12.8 Å². The van der Waals surface area contributed by atoms with Crippen molar-refractivity contribution in [1.82, 2.24) is 9.88 Å². The molecule has 1 unspecified atom stereocenters. The molecule has 0 saturated heterocycles. The summed E-state index contributed by atoms with van der Waals surface area (Å²) in [4.78, 5) is 19.9. The predicted molar refractivity (Wildman–Crippen MR) is 109 cm³/mol. The third-order valence-electron chi connectivity index (χ3n) is 4.20. The second-order valence-electron chi connectivity index (χ2n) is 6.73. The molecule has 2 rings (SSSR count). The molecule has 0 bridgehead atoms. The van der Waals surface area contributed by atoms with Crippen molar-refractivity contribution in [3.63, 3.8) is 0 Å². The van der Waals surface area contributed by atoms with Gasteiger partial charge in [0, 0.05) is 33.7 Å². The Morgan fingerprint density at radius 1 is 1.07 bits per heavy atom. The largest absolute Gasteiger partial charge is 0.477 e. The molecular formula is C21H28N2O3S. The molecule has 146 valence electrons. The highest BCUT2D eigenvalue weighted by Gasteiger charge is 2.16. The fourth-order valence-corrected chi connectivity index (χ4v) is 3.20. The lowest BCUT2D eigenvalue weighted by molar-refractivity contribution is 0.103. The van der Waals surface area contributed by atoms with Crippen LogP contribution in [0.25, 0.3) is 0 Å². The van der Waals surface area contributed by atoms with Gasteiger partial charge in [0.1, 0.15) is 0 Å². The quantitative estimate of drug-likeness (QED) is 0.435. The second-order valence-corrected chi connectivity index (χ2v) is 8.11. The molecule has 0 radical (unpaired) electrons. The van der Waals surface area contributed by atoms with E-state index in [0.29, 0.717) is 28.5 Å². The molecule has 0 saturated carbocycles. The van der Waals surface area contributed by atoms with Gasteiger partial charge in [-0.25, -0.2) is 4.98 Å². The van der Waals surface area contributed by atoms with Crippen LogP contribution in [0.3, 0.4) is 0 Å². The number of rotatable bonds is 11. The normalized spacial score (nSPS) is 12.1. The van der Waals surface area contributed by atoms with Crippen molar-refractivity contribution in [3.05, 3.63) is 53.7 Å². The minimum absolute atomic E-state index is 0.141. The van der Waals surface area contributed by atoms with E-state index < -0.39 is 10.8 Å². The summed E-state index contributed by atoms with van der Waals surface area (Å²) in [6.07, 6.45) is 7.63. The first-order valence-electron chi connectivity index (χ1n) is 9.20. The summed E-state index contributed by atoms with van der Waals surface area (Å²) in [5.41, 5.74) is 0.987. The molecule has 6 heteroatoms. The van der Waals surface area contributed by atoms with Gasteiger partial charge in [0.15, 0.2) is 5.78 Å². The van der Waals surface area contributed by atoms with Crippen molar-refractivity contribution in [1.29, 1.82) is 0 Å². The Labute approximate surface area is 164 Å². The van der Waals surface area contributed by atoms with Gasteiger partial charge in [-0.05, 0) is 69.9 Å². The summed E-state index contributed by atoms with van der Waals surface area (Å²) in [7, 11) is 3.10. The highest BCUT2D eigenvalue weighted by Crippen LogP contribution is 2.20. The Balaban J connectivity index is 1.92. The Hall–Kier alpha value is -2.05. The van der Waals surface area contributed by atoms with Crippen LogP contribution in [0.15, 0.2) is 47.5 Å². The SMILES string of the molecule is CN(C)CCCCCCOc1ncccc1C(=O)c1ccc(S(C)=O)cc1. The Kier molecular flexibility index (Phi) is 8.61. The fourth-order valence-electron chi connectivity index (χ4n) is 2.68. The summed E-state index contributed by atoms with van der Waals surface area (Å²) in [5, 5.41) is 0. The van der Waals surface area contributed by atoms with Crippen molar-refractivity contribution in [2.75, 3.05) is 33.5 Å². The Bertz CT molecular complexity index is 760. The number of hydrogen-bond donors (Lipinski definition) is 0. The first-order chi connectivity index (χ1) is 13.0. The molecule has 0 aliphatic heterocycles. The lowest BCUT2D eigenvalue weighted by Gasteiger charge is -2.11. The molecule has 1 atom stereocenters. The maximum Gasteiger partial charge on any atom is 0.224 e. The summed E-state index contributed by atoms with van der Waals surface area (Å²) >= 11 is 0. The highest BCUT2D eigenvalue weighted by molar-refractivity contribution is 7.84. The van der Waals surface area contributed by atoms with Crippen molar-refractivity contribution in [2.24, 2.45) is 0 Å². The molecular weight excluding hydrogens is 360 g/mol. The highest BCUT2D eigenvalue weighted by atomic mass is 32.2. The van der Waals surface area contributed by atoms with Gasteiger partial charge in [-0.2, -0.15) is 0 Å². The Morgan fingerprint density at radius 2 is 1.78 bits per heavy atom. The number of ketones is 1. The second kappa shape index (κ2) is 10.9. The van der Waals surface area contributed by atoms with Gasteiger partial charge in [0.05, 0.1) is 12.2 Å². The minimum atomic E-state index is -1.06. The Morgan fingerprint density at radius 3 is 2.44 bits per heavy atom. The van der Waals surface area contributed by atoms with Crippen molar-refractivity contribution in [3.8, 4) is 5.88 Å². The van der Waals surface area contributed by atoms with Crippen LogP contribution in [0.1, 0.15) is 41.6 Å². The first kappa shape index (κ1) is 21.3. The van der Waals surface area contributed by atoms with Crippen LogP contribution in [-0.4, -0.2) is 53.4 Å². The molecule has 0 aliphatic rings. The van der Waals surface area contributed by atoms with Gasteiger partial charge in [0.25, 0.3) is 0 Å². The third-order valence-corrected chi connectivity index (χ3v) is 5.14. The number of pyridine rings is 1. The van der Waals surface area contributed by atoms with Gasteiger partial charge in [0.2, 0.25) is 5.88 Å². The van der Waals surface area contributed by atoms with Crippen LogP contribution in [0.2, 0.25) is 0 Å². The zero-order valence-corrected chi connectivity index (χ0v) is 17.1. The van der Waals surface area contributed by atoms with Gasteiger partial charge in [-0.15, -0.1) is 0 Å². The van der Waals surface area contributed by atoms with Crippen LogP contribution in [0.5, 0.6) is 5.88 Å². The third kappa shape index (κ3) is 6.88. The topological polar surface area (TPSA) is 59.5 Å². The molecule has 1 heterocycles. The molecule has 0 N–H and O–H groups in total. The number of unbranched alkanes of at least 4 members (excludes halogenated alkanes) is 3. The summed E-state index contributed by atoms with van der Waals surface area (Å²) < 4.78 is 17.3. The molecule has 5 nitrogen and oxygen atoms in total. The lowest BCUT2D eigenvalue weighted by atomic mass is 10.0. The van der Waals surface area contributed by atoms with E-state index in [9.17, 15) is 9.00 Å². The minimum Gasteiger partial charge on any atom is -0.477 e. The first-order valence-corrected chi connectivity index (χ1v) is 10.8. The molecule has 1 aromatic carbocycles. The number of hydrogen-bond acceptors (Lipinski definition) is 5. The summed E-state index contributed by atoms with van der Waals surface area (Å²) in [5.74, 6) is 0.233. The van der Waals surface area contributed by atoms with E-state index in [2.05, 4.69) is 24.0 Å². The average molecular weight is 389 g/mol. The lowest BCUT2D eigenvalue weighted by Crippen LogP contribution is -2.12. The smallest absolute Gasteiger partial charge is 0.224 e. The molecule has 0 aliphatic carbocycles. The number of carbonyl (C=O) groups excluding carboxylic acids is 1. The number of carbonyl (C=O) groups is 1. The van der Waals surface area contributed by atoms with Gasteiger partial charge < -0.3 is 9.64 Å². The van der Waals surface area contributed by atoms with Crippen LogP contribution in [-0.2, 0) is 10.8 Å². The molecule has 0 fully saturated rings.